The van der Waals surface area contributed by atoms with Crippen molar-refractivity contribution in [2.24, 2.45) is 0 Å². The first kappa shape index (κ1) is 19.9. The van der Waals surface area contributed by atoms with Crippen LogP contribution < -0.4 is 4.72 Å². The highest BCUT2D eigenvalue weighted by Gasteiger charge is 2.41. The number of hydrogen-bond acceptors (Lipinski definition) is 5. The molecule has 1 aliphatic heterocycles. The number of rotatable bonds is 4. The second-order valence-corrected chi connectivity index (χ2v) is 9.24. The number of nitrogens with zero attached hydrogens (tertiary/aromatic N) is 1. The van der Waals surface area contributed by atoms with Gasteiger partial charge >= 0.3 is 0 Å². The van der Waals surface area contributed by atoms with Gasteiger partial charge in [0.05, 0.1) is 15.7 Å². The summed E-state index contributed by atoms with van der Waals surface area (Å²) < 4.78 is 28.8. The molecule has 4 rings (SSSR count). The molecule has 0 atom stereocenters. The van der Waals surface area contributed by atoms with Gasteiger partial charge in [-0.1, -0.05) is 47.5 Å². The van der Waals surface area contributed by atoms with Crippen molar-refractivity contribution in [1.29, 1.82) is 0 Å². The predicted octanol–water partition coefficient (Wildman–Crippen LogP) is 4.12. The number of anilines is 1. The second-order valence-electron chi connectivity index (χ2n) is 6.81. The average molecular weight is 451 g/mol. The van der Waals surface area contributed by atoms with E-state index in [9.17, 15) is 18.0 Å². The molecule has 2 aromatic rings. The normalized spacial score (nSPS) is 17.0. The zero-order valence-electron chi connectivity index (χ0n) is 15.1. The average Bonchev–Trinajstić information content (AvgIpc) is 3.21. The lowest BCUT2D eigenvalue weighted by Crippen LogP contribution is -2.36. The minimum absolute atomic E-state index is 0.0706. The van der Waals surface area contributed by atoms with Crippen LogP contribution in [0.25, 0.3) is 0 Å². The fraction of sp³-hybridized carbons (Fsp3) is 0.200. The van der Waals surface area contributed by atoms with Crippen molar-refractivity contribution >= 4 is 50.5 Å². The predicted molar refractivity (Wildman–Crippen MR) is 112 cm³/mol. The van der Waals surface area contributed by atoms with Gasteiger partial charge in [-0.25, -0.2) is 8.42 Å². The van der Waals surface area contributed by atoms with E-state index in [1.54, 1.807) is 23.1 Å². The van der Waals surface area contributed by atoms with Crippen molar-refractivity contribution in [1.82, 2.24) is 4.90 Å². The van der Waals surface area contributed by atoms with Gasteiger partial charge in [0, 0.05) is 24.2 Å². The lowest BCUT2D eigenvalue weighted by Gasteiger charge is -2.27. The molecule has 9 heteroatoms. The molecule has 0 unspecified atom stereocenters. The van der Waals surface area contributed by atoms with Gasteiger partial charge < -0.3 is 4.90 Å². The maximum absolute atomic E-state index is 13.2. The number of nitrogens with one attached hydrogen (secondary N) is 1. The van der Waals surface area contributed by atoms with E-state index in [1.165, 1.54) is 24.3 Å². The van der Waals surface area contributed by atoms with Crippen LogP contribution in [0.3, 0.4) is 0 Å². The summed E-state index contributed by atoms with van der Waals surface area (Å²) in [6, 6.07) is 10.5. The van der Waals surface area contributed by atoms with E-state index in [0.717, 1.165) is 12.8 Å². The third-order valence-corrected chi connectivity index (χ3v) is 7.08. The molecule has 29 heavy (non-hydrogen) atoms. The van der Waals surface area contributed by atoms with Crippen LogP contribution in [0.1, 0.15) is 33.6 Å². The van der Waals surface area contributed by atoms with Gasteiger partial charge in [0.2, 0.25) is 11.6 Å². The molecule has 150 valence electrons. The Labute approximate surface area is 178 Å². The summed E-state index contributed by atoms with van der Waals surface area (Å²) in [7, 11) is -4.36. The van der Waals surface area contributed by atoms with Crippen LogP contribution in [-0.2, 0) is 10.0 Å². The topological polar surface area (TPSA) is 83.6 Å². The summed E-state index contributed by atoms with van der Waals surface area (Å²) in [5, 5.41) is 0.432. The first-order valence-corrected chi connectivity index (χ1v) is 11.2. The number of likely N-dealkylation sites (tertiary alicyclic amines) is 1. The Morgan fingerprint density at radius 2 is 1.48 bits per heavy atom. The molecule has 0 bridgehead atoms. The molecule has 0 aromatic heterocycles. The maximum atomic E-state index is 13.2. The Kier molecular flexibility index (Phi) is 5.14. The molecule has 1 fully saturated rings. The molecule has 0 radical (unpaired) electrons. The smallest absolute Gasteiger partial charge is 0.268 e. The number of ketones is 2. The first-order chi connectivity index (χ1) is 13.8. The highest BCUT2D eigenvalue weighted by molar-refractivity contribution is 7.97. The van der Waals surface area contributed by atoms with E-state index < -0.39 is 26.5 Å². The van der Waals surface area contributed by atoms with Gasteiger partial charge in [0.15, 0.2) is 4.91 Å². The molecule has 2 aliphatic rings. The van der Waals surface area contributed by atoms with Crippen molar-refractivity contribution in [3.63, 3.8) is 0 Å². The van der Waals surface area contributed by atoms with Gasteiger partial charge in [-0.15, -0.1) is 0 Å². The molecular formula is C20H16Cl2N2O4S. The monoisotopic (exact) mass is 450 g/mol. The van der Waals surface area contributed by atoms with Crippen LogP contribution in [0.5, 0.6) is 0 Å². The number of carbonyl (C=O) groups is 2. The van der Waals surface area contributed by atoms with Gasteiger partial charge in [-0.2, -0.15) is 0 Å². The van der Waals surface area contributed by atoms with E-state index in [1.807, 2.05) is 0 Å². The van der Waals surface area contributed by atoms with Gasteiger partial charge in [-0.3, -0.25) is 14.3 Å². The first-order valence-electron chi connectivity index (χ1n) is 8.95. The van der Waals surface area contributed by atoms with E-state index in [2.05, 4.69) is 4.72 Å². The summed E-state index contributed by atoms with van der Waals surface area (Å²) in [6.07, 6.45) is 1.64. The molecule has 6 nitrogen and oxygen atoms in total. The molecule has 1 saturated heterocycles. The summed E-state index contributed by atoms with van der Waals surface area (Å²) in [4.78, 5) is 27.5. The lowest BCUT2D eigenvalue weighted by molar-refractivity contribution is 0.0953. The van der Waals surface area contributed by atoms with Crippen molar-refractivity contribution in [3.05, 3.63) is 74.2 Å². The highest BCUT2D eigenvalue weighted by atomic mass is 35.5. The van der Waals surface area contributed by atoms with E-state index >= 15 is 0 Å². The SMILES string of the molecule is O=C1C(N2CCCC2)=C(S(=O)(=O)Nc2ccc(Cl)c(Cl)c2)C(=O)c2ccccc21. The number of fused-ring (bicyclic) bond motifs is 1. The Morgan fingerprint density at radius 3 is 2.10 bits per heavy atom. The number of sulfonamides is 1. The number of benzene rings is 2. The van der Waals surface area contributed by atoms with Crippen LogP contribution in [0.4, 0.5) is 5.69 Å². The van der Waals surface area contributed by atoms with Crippen LogP contribution >= 0.6 is 23.2 Å². The lowest BCUT2D eigenvalue weighted by atomic mass is 9.92. The number of halogens is 2. The Bertz CT molecular complexity index is 1170. The zero-order chi connectivity index (χ0) is 20.8. The minimum atomic E-state index is -4.36. The van der Waals surface area contributed by atoms with Crippen molar-refractivity contribution < 1.29 is 18.0 Å². The van der Waals surface area contributed by atoms with E-state index in [4.69, 9.17) is 23.2 Å². The number of carbonyl (C=O) groups excluding carboxylic acids is 2. The number of allylic oxidation sites excluding steroid dienone is 2. The largest absolute Gasteiger partial charge is 0.367 e. The number of Topliss-reactive ketones (excluding diaryl/α,β-unsaturated/α-hetero) is 2. The third kappa shape index (κ3) is 3.54. The van der Waals surface area contributed by atoms with Gasteiger partial charge in [0.1, 0.15) is 5.70 Å². The Hall–Kier alpha value is -2.35. The summed E-state index contributed by atoms with van der Waals surface area (Å²) >= 11 is 11.9. The summed E-state index contributed by atoms with van der Waals surface area (Å²) in [6.45, 7) is 1.03. The molecule has 0 spiro atoms. The highest BCUT2D eigenvalue weighted by Crippen LogP contribution is 2.34. The van der Waals surface area contributed by atoms with E-state index in [0.29, 0.717) is 13.1 Å². The van der Waals surface area contributed by atoms with Crippen LogP contribution in [0, 0.1) is 0 Å². The van der Waals surface area contributed by atoms with Gasteiger partial charge in [-0.05, 0) is 31.0 Å². The minimum Gasteiger partial charge on any atom is -0.367 e. The Morgan fingerprint density at radius 1 is 0.862 bits per heavy atom. The van der Waals surface area contributed by atoms with Crippen LogP contribution in [0.2, 0.25) is 10.0 Å². The quantitative estimate of drug-likeness (QED) is 0.756. The van der Waals surface area contributed by atoms with Crippen LogP contribution in [-0.4, -0.2) is 38.0 Å². The van der Waals surface area contributed by atoms with Crippen molar-refractivity contribution in [2.75, 3.05) is 17.8 Å². The van der Waals surface area contributed by atoms with Gasteiger partial charge in [0.25, 0.3) is 10.0 Å². The van der Waals surface area contributed by atoms with E-state index in [-0.39, 0.29) is 32.6 Å². The molecule has 1 N–H and O–H groups in total. The summed E-state index contributed by atoms with van der Waals surface area (Å²) in [5.74, 6) is -1.16. The number of hydrogen-bond donors (Lipinski definition) is 1. The fourth-order valence-electron chi connectivity index (χ4n) is 3.58. The molecule has 0 saturated carbocycles. The fourth-order valence-corrected chi connectivity index (χ4v) is 5.25. The Balaban J connectivity index is 1.86. The maximum Gasteiger partial charge on any atom is 0.268 e. The molecular weight excluding hydrogens is 435 g/mol. The zero-order valence-corrected chi connectivity index (χ0v) is 17.4. The molecule has 0 amide bonds. The molecule has 2 aromatic carbocycles. The molecule has 1 aliphatic carbocycles. The second kappa shape index (κ2) is 7.48. The van der Waals surface area contributed by atoms with Crippen molar-refractivity contribution in [2.45, 2.75) is 12.8 Å². The molecule has 1 heterocycles. The summed E-state index contributed by atoms with van der Waals surface area (Å²) in [5.41, 5.74) is 0.369. The van der Waals surface area contributed by atoms with Crippen molar-refractivity contribution in [3.8, 4) is 0 Å². The standard InChI is InChI=1S/C20H16Cl2N2O4S/c21-15-8-7-12(11-16(15)22)23-29(27,28)20-17(24-9-3-4-10-24)18(25)13-5-1-2-6-14(13)19(20)26/h1-2,5-8,11,23H,3-4,9-10H2. The third-order valence-electron chi connectivity index (χ3n) is 4.92. The van der Waals surface area contributed by atoms with Crippen LogP contribution in [0.15, 0.2) is 53.1 Å².